The molecule has 1 heterocycles. The van der Waals surface area contributed by atoms with Crippen LogP contribution in [0.5, 0.6) is 0 Å². The number of hydrogen-bond donors (Lipinski definition) is 2. The maximum absolute atomic E-state index is 10.2. The highest BCUT2D eigenvalue weighted by molar-refractivity contribution is 5.38. The number of allylic oxidation sites excluding steroid dienone is 3. The summed E-state index contributed by atoms with van der Waals surface area (Å²) in [6.07, 6.45) is 15.1. The van der Waals surface area contributed by atoms with Crippen LogP contribution in [0.2, 0.25) is 0 Å². The third-order valence-corrected chi connectivity index (χ3v) is 9.82. The van der Waals surface area contributed by atoms with Crippen LogP contribution in [0.15, 0.2) is 35.5 Å². The highest BCUT2D eigenvalue weighted by atomic mass is 16.3. The molecule has 3 aliphatic carbocycles. The third-order valence-electron chi connectivity index (χ3n) is 9.82. The van der Waals surface area contributed by atoms with Crippen molar-refractivity contribution in [3.8, 4) is 0 Å². The summed E-state index contributed by atoms with van der Waals surface area (Å²) < 4.78 is 0. The van der Waals surface area contributed by atoms with Crippen molar-refractivity contribution in [1.82, 2.24) is 4.90 Å². The third kappa shape index (κ3) is 4.68. The molecule has 2 N–H and O–H groups in total. The van der Waals surface area contributed by atoms with Crippen LogP contribution in [0.4, 0.5) is 0 Å². The van der Waals surface area contributed by atoms with Gasteiger partial charge in [0.25, 0.3) is 0 Å². The lowest BCUT2D eigenvalue weighted by Crippen LogP contribution is -2.50. The minimum Gasteiger partial charge on any atom is -0.393 e. The molecule has 0 aromatic rings. The molecule has 4 rings (SSSR count). The molecule has 0 aromatic heterocycles. The average Bonchev–Trinajstić information content (AvgIpc) is 3.08. The number of aliphatic hydroxyl groups is 2. The standard InChI is InChI=1S/C29H47NO2/c1-20(19-30-16-7-6-14-28(30,3)4)25-12-13-26-22(9-8-15-29(25,26)5)10-11-23-17-24(31)18-27(32)21(23)2/h10-11,20,24-27,31-32H,2,6-9,12-19H2,1,3-5H3/b22-10+,23-11-/t20-,24-,25-,26+,27+,29-/m1/s1. The van der Waals surface area contributed by atoms with Crippen LogP contribution in [-0.2, 0) is 0 Å². The van der Waals surface area contributed by atoms with E-state index in [9.17, 15) is 10.2 Å². The molecule has 0 bridgehead atoms. The second kappa shape index (κ2) is 9.39. The molecule has 1 aliphatic heterocycles. The van der Waals surface area contributed by atoms with Gasteiger partial charge >= 0.3 is 0 Å². The number of nitrogens with zero attached hydrogens (tertiary/aromatic N) is 1. The molecular formula is C29H47NO2. The van der Waals surface area contributed by atoms with E-state index in [0.717, 1.165) is 23.0 Å². The average molecular weight is 442 g/mol. The zero-order chi connectivity index (χ0) is 23.1. The molecule has 0 radical (unpaired) electrons. The Labute approximate surface area is 196 Å². The van der Waals surface area contributed by atoms with Gasteiger partial charge in [0.05, 0.1) is 12.2 Å². The van der Waals surface area contributed by atoms with Crippen LogP contribution in [-0.4, -0.2) is 45.9 Å². The summed E-state index contributed by atoms with van der Waals surface area (Å²) in [6.45, 7) is 16.6. The fourth-order valence-electron chi connectivity index (χ4n) is 7.81. The summed E-state index contributed by atoms with van der Waals surface area (Å²) in [5.74, 6) is 2.22. The molecule has 4 aliphatic rings. The van der Waals surface area contributed by atoms with Gasteiger partial charge < -0.3 is 10.2 Å². The summed E-state index contributed by atoms with van der Waals surface area (Å²) in [5, 5.41) is 20.3. The number of likely N-dealkylation sites (tertiary alicyclic amines) is 1. The Kier molecular flexibility index (Phi) is 7.11. The van der Waals surface area contributed by atoms with Gasteiger partial charge in [0.1, 0.15) is 0 Å². The molecule has 0 spiro atoms. The van der Waals surface area contributed by atoms with Crippen LogP contribution in [0.25, 0.3) is 0 Å². The van der Waals surface area contributed by atoms with E-state index in [1.54, 1.807) is 5.57 Å². The van der Waals surface area contributed by atoms with Crippen molar-refractivity contribution in [2.24, 2.45) is 23.2 Å². The molecule has 6 atom stereocenters. The van der Waals surface area contributed by atoms with E-state index in [1.165, 1.54) is 64.5 Å². The number of piperidine rings is 1. The van der Waals surface area contributed by atoms with Crippen molar-refractivity contribution < 1.29 is 10.2 Å². The van der Waals surface area contributed by atoms with Crippen LogP contribution in [0.3, 0.4) is 0 Å². The van der Waals surface area contributed by atoms with E-state index in [2.05, 4.69) is 51.3 Å². The second-order valence-corrected chi connectivity index (χ2v) is 12.4. The first-order chi connectivity index (χ1) is 15.1. The van der Waals surface area contributed by atoms with Gasteiger partial charge in [-0.25, -0.2) is 0 Å². The zero-order valence-electron chi connectivity index (χ0n) is 21.1. The Bertz CT molecular complexity index is 765. The Balaban J connectivity index is 1.48. The van der Waals surface area contributed by atoms with Crippen molar-refractivity contribution in [3.63, 3.8) is 0 Å². The molecule has 4 fully saturated rings. The molecule has 1 saturated heterocycles. The summed E-state index contributed by atoms with van der Waals surface area (Å²) in [7, 11) is 0. The summed E-state index contributed by atoms with van der Waals surface area (Å²) >= 11 is 0. The maximum Gasteiger partial charge on any atom is 0.0811 e. The van der Waals surface area contributed by atoms with Crippen LogP contribution >= 0.6 is 0 Å². The number of rotatable bonds is 4. The predicted octanol–water partition coefficient (Wildman–Crippen LogP) is 6.03. The quantitative estimate of drug-likeness (QED) is 0.560. The Hall–Kier alpha value is -0.900. The smallest absolute Gasteiger partial charge is 0.0811 e. The molecule has 0 unspecified atom stereocenters. The van der Waals surface area contributed by atoms with E-state index in [0.29, 0.717) is 29.7 Å². The zero-order valence-corrected chi connectivity index (χ0v) is 21.1. The second-order valence-electron chi connectivity index (χ2n) is 12.4. The van der Waals surface area contributed by atoms with Gasteiger partial charge in [-0.15, -0.1) is 0 Å². The molecule has 3 heteroatoms. The lowest BCUT2D eigenvalue weighted by molar-refractivity contribution is 0.0256. The molecular weight excluding hydrogens is 394 g/mol. The predicted molar refractivity (Wildman–Crippen MR) is 133 cm³/mol. The minimum atomic E-state index is -0.601. The van der Waals surface area contributed by atoms with Gasteiger partial charge in [0.2, 0.25) is 0 Å². The first-order valence-corrected chi connectivity index (χ1v) is 13.3. The van der Waals surface area contributed by atoms with Crippen molar-refractivity contribution in [2.75, 3.05) is 13.1 Å². The first kappa shape index (κ1) is 24.2. The Morgan fingerprint density at radius 1 is 1.09 bits per heavy atom. The summed E-state index contributed by atoms with van der Waals surface area (Å²) in [4.78, 5) is 2.78. The van der Waals surface area contributed by atoms with E-state index in [1.807, 2.05) is 0 Å². The van der Waals surface area contributed by atoms with Gasteiger partial charge in [-0.05, 0) is 106 Å². The largest absolute Gasteiger partial charge is 0.393 e. The Morgan fingerprint density at radius 3 is 2.62 bits per heavy atom. The monoisotopic (exact) mass is 441 g/mol. The van der Waals surface area contributed by atoms with E-state index in [4.69, 9.17) is 0 Å². The maximum atomic E-state index is 10.2. The minimum absolute atomic E-state index is 0.354. The lowest BCUT2D eigenvalue weighted by atomic mass is 9.61. The van der Waals surface area contributed by atoms with Crippen molar-refractivity contribution in [3.05, 3.63) is 35.5 Å². The van der Waals surface area contributed by atoms with E-state index in [-0.39, 0.29) is 0 Å². The van der Waals surface area contributed by atoms with Crippen molar-refractivity contribution >= 4 is 0 Å². The number of fused-ring (bicyclic) bond motifs is 1. The van der Waals surface area contributed by atoms with Gasteiger partial charge in [0.15, 0.2) is 0 Å². The normalized spacial score (nSPS) is 41.8. The molecule has 3 saturated carbocycles. The van der Waals surface area contributed by atoms with Gasteiger partial charge in [0, 0.05) is 18.5 Å². The van der Waals surface area contributed by atoms with Crippen molar-refractivity contribution in [1.29, 1.82) is 0 Å². The highest BCUT2D eigenvalue weighted by Crippen LogP contribution is 2.59. The molecule has 3 nitrogen and oxygen atoms in total. The number of aliphatic hydroxyl groups excluding tert-OH is 2. The molecule has 32 heavy (non-hydrogen) atoms. The first-order valence-electron chi connectivity index (χ1n) is 13.3. The fourth-order valence-corrected chi connectivity index (χ4v) is 7.81. The summed E-state index contributed by atoms with van der Waals surface area (Å²) in [5.41, 5.74) is 4.19. The Morgan fingerprint density at radius 2 is 1.88 bits per heavy atom. The van der Waals surface area contributed by atoms with Gasteiger partial charge in [-0.1, -0.05) is 44.6 Å². The van der Waals surface area contributed by atoms with Gasteiger partial charge in [-0.2, -0.15) is 0 Å². The van der Waals surface area contributed by atoms with Crippen molar-refractivity contribution in [2.45, 2.75) is 110 Å². The molecule has 180 valence electrons. The highest BCUT2D eigenvalue weighted by Gasteiger charge is 2.51. The lowest BCUT2D eigenvalue weighted by Gasteiger charge is -2.48. The fraction of sp³-hybridized carbons (Fsp3) is 0.793. The topological polar surface area (TPSA) is 43.7 Å². The van der Waals surface area contributed by atoms with E-state index >= 15 is 0 Å². The number of hydrogen-bond acceptors (Lipinski definition) is 3. The molecule has 0 amide bonds. The molecule has 0 aromatic carbocycles. The summed E-state index contributed by atoms with van der Waals surface area (Å²) in [6, 6.07) is 0. The van der Waals surface area contributed by atoms with Crippen LogP contribution in [0, 0.1) is 23.2 Å². The van der Waals surface area contributed by atoms with Crippen LogP contribution in [0.1, 0.15) is 91.9 Å². The SMILES string of the molecule is C=C1/C(=C\C=C2/CCC[C@]3(C)[C@@H]([C@H](C)CN4CCCCC4(C)C)CC[C@@H]23)C[C@@H](O)C[C@@H]1O. The van der Waals surface area contributed by atoms with E-state index < -0.39 is 12.2 Å². The van der Waals surface area contributed by atoms with Gasteiger partial charge in [-0.3, -0.25) is 4.90 Å². The van der Waals surface area contributed by atoms with Crippen LogP contribution < -0.4 is 0 Å².